The van der Waals surface area contributed by atoms with Gasteiger partial charge in [-0.3, -0.25) is 9.59 Å². The number of rotatable bonds is 9. The van der Waals surface area contributed by atoms with Gasteiger partial charge in [-0.25, -0.2) is 4.79 Å². The lowest BCUT2D eigenvalue weighted by molar-refractivity contribution is -0.124. The fourth-order valence-corrected chi connectivity index (χ4v) is 3.00. The molecule has 0 heterocycles. The van der Waals surface area contributed by atoms with Crippen molar-refractivity contribution in [3.05, 3.63) is 102 Å². The van der Waals surface area contributed by atoms with Gasteiger partial charge in [0.25, 0.3) is 5.91 Å². The zero-order valence-electron chi connectivity index (χ0n) is 17.0. The predicted molar refractivity (Wildman–Crippen MR) is 119 cm³/mol. The van der Waals surface area contributed by atoms with E-state index in [2.05, 4.69) is 10.6 Å². The molecule has 2 amide bonds. The zero-order valence-corrected chi connectivity index (χ0v) is 17.0. The van der Waals surface area contributed by atoms with Crippen molar-refractivity contribution in [2.75, 3.05) is 18.5 Å². The number of para-hydroxylation sites is 1. The lowest BCUT2D eigenvalue weighted by atomic mass is 10.1. The van der Waals surface area contributed by atoms with Crippen molar-refractivity contribution in [2.45, 2.75) is 12.8 Å². The molecule has 3 aromatic carbocycles. The van der Waals surface area contributed by atoms with Crippen molar-refractivity contribution in [2.24, 2.45) is 0 Å². The number of benzene rings is 3. The Morgan fingerprint density at radius 1 is 0.710 bits per heavy atom. The number of esters is 1. The highest BCUT2D eigenvalue weighted by atomic mass is 16.5. The Morgan fingerprint density at radius 3 is 2.03 bits per heavy atom. The quantitative estimate of drug-likeness (QED) is 0.524. The van der Waals surface area contributed by atoms with E-state index in [9.17, 15) is 14.4 Å². The summed E-state index contributed by atoms with van der Waals surface area (Å²) in [5, 5.41) is 5.47. The van der Waals surface area contributed by atoms with Crippen molar-refractivity contribution >= 4 is 23.5 Å². The molecule has 31 heavy (non-hydrogen) atoms. The van der Waals surface area contributed by atoms with Gasteiger partial charge in [0.15, 0.2) is 6.61 Å². The third kappa shape index (κ3) is 7.12. The van der Waals surface area contributed by atoms with Gasteiger partial charge in [0.05, 0.1) is 17.7 Å². The molecule has 0 bridgehead atoms. The van der Waals surface area contributed by atoms with Crippen molar-refractivity contribution < 1.29 is 19.1 Å². The highest BCUT2D eigenvalue weighted by Crippen LogP contribution is 2.17. The van der Waals surface area contributed by atoms with Gasteiger partial charge >= 0.3 is 5.97 Å². The van der Waals surface area contributed by atoms with Crippen LogP contribution >= 0.6 is 0 Å². The number of nitrogens with one attached hydrogen (secondary N) is 2. The summed E-state index contributed by atoms with van der Waals surface area (Å²) in [6, 6.07) is 25.6. The van der Waals surface area contributed by atoms with E-state index in [4.69, 9.17) is 4.74 Å². The van der Waals surface area contributed by atoms with Crippen LogP contribution in [0.3, 0.4) is 0 Å². The second-order valence-corrected chi connectivity index (χ2v) is 6.92. The van der Waals surface area contributed by atoms with E-state index in [-0.39, 0.29) is 30.4 Å². The molecule has 0 saturated heterocycles. The Hall–Kier alpha value is -3.93. The molecule has 2 N–H and O–H groups in total. The van der Waals surface area contributed by atoms with Crippen molar-refractivity contribution in [1.82, 2.24) is 5.32 Å². The molecule has 0 aliphatic rings. The molecule has 0 aromatic heterocycles. The van der Waals surface area contributed by atoms with E-state index >= 15 is 0 Å². The first-order valence-corrected chi connectivity index (χ1v) is 10.0. The molecule has 0 spiro atoms. The van der Waals surface area contributed by atoms with E-state index in [1.165, 1.54) is 0 Å². The monoisotopic (exact) mass is 416 g/mol. The van der Waals surface area contributed by atoms with E-state index in [1.54, 1.807) is 24.3 Å². The number of amides is 2. The number of hydrogen-bond acceptors (Lipinski definition) is 4. The number of carbonyl (C=O) groups is 3. The van der Waals surface area contributed by atoms with Gasteiger partial charge < -0.3 is 15.4 Å². The molecular formula is C25H24N2O4. The lowest BCUT2D eigenvalue weighted by Gasteiger charge is -2.11. The Morgan fingerprint density at radius 2 is 1.32 bits per heavy atom. The summed E-state index contributed by atoms with van der Waals surface area (Å²) < 4.78 is 5.13. The van der Waals surface area contributed by atoms with Crippen LogP contribution in [0, 0.1) is 0 Å². The van der Waals surface area contributed by atoms with Crippen molar-refractivity contribution in [3.8, 4) is 0 Å². The predicted octanol–water partition coefficient (Wildman–Crippen LogP) is 3.38. The smallest absolute Gasteiger partial charge is 0.340 e. The second kappa shape index (κ2) is 11.3. The Balaban J connectivity index is 1.48. The van der Waals surface area contributed by atoms with Crippen LogP contribution in [0.25, 0.3) is 0 Å². The van der Waals surface area contributed by atoms with E-state index in [0.29, 0.717) is 18.7 Å². The van der Waals surface area contributed by atoms with E-state index < -0.39 is 5.97 Å². The molecule has 6 nitrogen and oxygen atoms in total. The molecule has 0 atom stereocenters. The maximum absolute atomic E-state index is 12.5. The van der Waals surface area contributed by atoms with Gasteiger partial charge in [0.1, 0.15) is 0 Å². The number of hydrogen-bond donors (Lipinski definition) is 2. The highest BCUT2D eigenvalue weighted by molar-refractivity contribution is 6.02. The van der Waals surface area contributed by atoms with Crippen molar-refractivity contribution in [1.29, 1.82) is 0 Å². The Bertz CT molecular complexity index is 1020. The van der Waals surface area contributed by atoms with Gasteiger partial charge in [0, 0.05) is 6.54 Å². The fraction of sp³-hybridized carbons (Fsp3) is 0.160. The van der Waals surface area contributed by atoms with Crippen LogP contribution in [0.4, 0.5) is 5.69 Å². The minimum atomic E-state index is -0.672. The maximum atomic E-state index is 12.5. The van der Waals surface area contributed by atoms with Gasteiger partial charge in [-0.05, 0) is 29.7 Å². The fourth-order valence-electron chi connectivity index (χ4n) is 3.00. The summed E-state index contributed by atoms with van der Waals surface area (Å²) in [5.41, 5.74) is 2.52. The average Bonchev–Trinajstić information content (AvgIpc) is 2.79. The Kier molecular flexibility index (Phi) is 7.94. The molecular weight excluding hydrogens is 392 g/mol. The number of anilines is 1. The van der Waals surface area contributed by atoms with Gasteiger partial charge in [-0.15, -0.1) is 0 Å². The molecule has 3 rings (SSSR count). The molecule has 0 fully saturated rings. The molecule has 0 radical (unpaired) electrons. The second-order valence-electron chi connectivity index (χ2n) is 6.92. The number of ether oxygens (including phenoxy) is 1. The molecule has 158 valence electrons. The first-order chi connectivity index (χ1) is 15.1. The molecule has 6 heteroatoms. The number of carbonyl (C=O) groups excluding carboxylic acids is 3. The van der Waals surface area contributed by atoms with Crippen LogP contribution in [0.15, 0.2) is 84.9 Å². The molecule has 0 unspecified atom stereocenters. The van der Waals surface area contributed by atoms with Crippen LogP contribution in [-0.4, -0.2) is 30.9 Å². The zero-order chi connectivity index (χ0) is 21.9. The van der Waals surface area contributed by atoms with Crippen LogP contribution in [0.2, 0.25) is 0 Å². The minimum absolute atomic E-state index is 0.189. The van der Waals surface area contributed by atoms with Crippen LogP contribution in [0.1, 0.15) is 21.5 Å². The lowest BCUT2D eigenvalue weighted by Crippen LogP contribution is -2.30. The SMILES string of the molecule is O=C(COC(=O)c1ccccc1NC(=O)Cc1ccccc1)NCCc1ccccc1. The molecule has 3 aromatic rings. The maximum Gasteiger partial charge on any atom is 0.340 e. The standard InChI is InChI=1S/C25H24N2O4/c28-23(17-20-11-5-2-6-12-20)27-22-14-8-7-13-21(22)25(30)31-18-24(29)26-16-15-19-9-3-1-4-10-19/h1-14H,15-18H2,(H,26,29)(H,27,28). The third-order valence-electron chi connectivity index (χ3n) is 4.54. The van der Waals surface area contributed by atoms with E-state index in [1.807, 2.05) is 60.7 Å². The van der Waals surface area contributed by atoms with Crippen LogP contribution in [0.5, 0.6) is 0 Å². The van der Waals surface area contributed by atoms with E-state index in [0.717, 1.165) is 11.1 Å². The first-order valence-electron chi connectivity index (χ1n) is 10.0. The van der Waals surface area contributed by atoms with Crippen LogP contribution in [-0.2, 0) is 27.2 Å². The summed E-state index contributed by atoms with van der Waals surface area (Å²) in [6.07, 6.45) is 0.880. The summed E-state index contributed by atoms with van der Waals surface area (Å²) in [4.78, 5) is 36.8. The third-order valence-corrected chi connectivity index (χ3v) is 4.54. The minimum Gasteiger partial charge on any atom is -0.452 e. The molecule has 0 saturated carbocycles. The first kappa shape index (κ1) is 21.8. The highest BCUT2D eigenvalue weighted by Gasteiger charge is 2.16. The summed E-state index contributed by atoms with van der Waals surface area (Å²) in [7, 11) is 0. The molecule has 0 aliphatic carbocycles. The molecule has 0 aliphatic heterocycles. The van der Waals surface area contributed by atoms with Crippen LogP contribution < -0.4 is 10.6 Å². The summed E-state index contributed by atoms with van der Waals surface area (Å²) in [6.45, 7) is 0.0620. The van der Waals surface area contributed by atoms with Gasteiger partial charge in [-0.2, -0.15) is 0 Å². The summed E-state index contributed by atoms with van der Waals surface area (Å²) in [5.74, 6) is -1.30. The largest absolute Gasteiger partial charge is 0.452 e. The topological polar surface area (TPSA) is 84.5 Å². The van der Waals surface area contributed by atoms with Gasteiger partial charge in [-0.1, -0.05) is 72.8 Å². The van der Waals surface area contributed by atoms with Crippen molar-refractivity contribution in [3.63, 3.8) is 0 Å². The summed E-state index contributed by atoms with van der Waals surface area (Å²) >= 11 is 0. The Labute approximate surface area is 181 Å². The van der Waals surface area contributed by atoms with Gasteiger partial charge in [0.2, 0.25) is 5.91 Å². The average molecular weight is 416 g/mol. The normalized spacial score (nSPS) is 10.2.